The normalized spacial score (nSPS) is 23.8. The van der Waals surface area contributed by atoms with Crippen molar-refractivity contribution >= 4 is 5.71 Å². The van der Waals surface area contributed by atoms with E-state index in [4.69, 9.17) is 5.11 Å². The van der Waals surface area contributed by atoms with Gasteiger partial charge in [0.25, 0.3) is 0 Å². The van der Waals surface area contributed by atoms with Gasteiger partial charge in [0.1, 0.15) is 0 Å². The lowest BCUT2D eigenvalue weighted by atomic mass is 9.90. The van der Waals surface area contributed by atoms with Crippen LogP contribution in [-0.4, -0.2) is 24.0 Å². The molecule has 0 spiro atoms. The highest BCUT2D eigenvalue weighted by atomic mass is 16.3. The molecule has 0 unspecified atom stereocenters. The van der Waals surface area contributed by atoms with Gasteiger partial charge in [0.05, 0.1) is 13.2 Å². The van der Waals surface area contributed by atoms with Crippen LogP contribution in [0, 0.1) is 5.92 Å². The molecular formula is C9H18N2O. The first kappa shape index (κ1) is 9.52. The van der Waals surface area contributed by atoms with Gasteiger partial charge in [0.2, 0.25) is 0 Å². The first-order valence-corrected chi connectivity index (χ1v) is 4.72. The quantitative estimate of drug-likeness (QED) is 0.492. The van der Waals surface area contributed by atoms with E-state index in [0.29, 0.717) is 6.54 Å². The van der Waals surface area contributed by atoms with E-state index in [1.165, 1.54) is 18.6 Å². The Hall–Kier alpha value is -0.570. The van der Waals surface area contributed by atoms with Crippen molar-refractivity contribution in [3.05, 3.63) is 0 Å². The minimum absolute atomic E-state index is 0.160. The van der Waals surface area contributed by atoms with Gasteiger partial charge in [-0.25, -0.2) is 0 Å². The van der Waals surface area contributed by atoms with Crippen LogP contribution in [0.1, 0.15) is 32.6 Å². The monoisotopic (exact) mass is 170 g/mol. The Labute approximate surface area is 73.9 Å². The number of hydrogen-bond acceptors (Lipinski definition) is 3. The van der Waals surface area contributed by atoms with Crippen LogP contribution in [0.25, 0.3) is 0 Å². The van der Waals surface area contributed by atoms with Crippen LogP contribution in [-0.2, 0) is 0 Å². The molecule has 1 rings (SSSR count). The molecule has 1 fully saturated rings. The number of nitrogens with zero attached hydrogens (tertiary/aromatic N) is 1. The molecule has 0 aromatic carbocycles. The SMILES string of the molecule is CC1CCC(=NNCCO)CC1. The standard InChI is InChI=1S/C9H18N2O/c1-8-2-4-9(5-3-8)11-10-6-7-12/h8,10,12H,2-7H2,1H3. The first-order valence-electron chi connectivity index (χ1n) is 4.72. The molecule has 3 nitrogen and oxygen atoms in total. The summed E-state index contributed by atoms with van der Waals surface area (Å²) in [4.78, 5) is 0. The van der Waals surface area contributed by atoms with E-state index in [0.717, 1.165) is 18.8 Å². The summed E-state index contributed by atoms with van der Waals surface area (Å²) in [6, 6.07) is 0. The number of nitrogens with one attached hydrogen (secondary N) is 1. The highest BCUT2D eigenvalue weighted by Crippen LogP contribution is 2.20. The molecule has 0 amide bonds. The molecule has 0 radical (unpaired) electrons. The van der Waals surface area contributed by atoms with Crippen molar-refractivity contribution in [1.29, 1.82) is 0 Å². The lowest BCUT2D eigenvalue weighted by molar-refractivity contribution is 0.293. The van der Waals surface area contributed by atoms with Gasteiger partial charge in [-0.2, -0.15) is 5.10 Å². The van der Waals surface area contributed by atoms with E-state index >= 15 is 0 Å². The van der Waals surface area contributed by atoms with E-state index < -0.39 is 0 Å². The highest BCUT2D eigenvalue weighted by molar-refractivity contribution is 5.84. The highest BCUT2D eigenvalue weighted by Gasteiger charge is 2.12. The van der Waals surface area contributed by atoms with Crippen molar-refractivity contribution in [3.8, 4) is 0 Å². The third-order valence-corrected chi connectivity index (χ3v) is 2.31. The van der Waals surface area contributed by atoms with E-state index in [9.17, 15) is 0 Å². The maximum absolute atomic E-state index is 8.51. The van der Waals surface area contributed by atoms with Crippen molar-refractivity contribution in [2.75, 3.05) is 13.2 Å². The molecule has 2 N–H and O–H groups in total. The molecule has 3 heteroatoms. The first-order chi connectivity index (χ1) is 5.83. The van der Waals surface area contributed by atoms with E-state index in [1.807, 2.05) is 0 Å². The summed E-state index contributed by atoms with van der Waals surface area (Å²) < 4.78 is 0. The summed E-state index contributed by atoms with van der Waals surface area (Å²) in [5, 5.41) is 12.7. The Kier molecular flexibility index (Phi) is 4.08. The van der Waals surface area contributed by atoms with Crippen LogP contribution in [0.3, 0.4) is 0 Å². The Balaban J connectivity index is 2.19. The Bertz CT molecular complexity index is 147. The molecule has 0 saturated heterocycles. The summed E-state index contributed by atoms with van der Waals surface area (Å²) in [7, 11) is 0. The molecule has 0 bridgehead atoms. The number of hydrazone groups is 1. The zero-order chi connectivity index (χ0) is 8.81. The van der Waals surface area contributed by atoms with Gasteiger partial charge in [-0.05, 0) is 31.6 Å². The van der Waals surface area contributed by atoms with Gasteiger partial charge >= 0.3 is 0 Å². The Morgan fingerprint density at radius 2 is 2.17 bits per heavy atom. The van der Waals surface area contributed by atoms with Crippen molar-refractivity contribution < 1.29 is 5.11 Å². The zero-order valence-electron chi connectivity index (χ0n) is 7.71. The average Bonchev–Trinajstić information content (AvgIpc) is 2.09. The summed E-state index contributed by atoms with van der Waals surface area (Å²) in [6.07, 6.45) is 4.78. The summed E-state index contributed by atoms with van der Waals surface area (Å²) in [6.45, 7) is 3.02. The van der Waals surface area contributed by atoms with Gasteiger partial charge in [0.15, 0.2) is 0 Å². The molecule has 1 aliphatic rings. The summed E-state index contributed by atoms with van der Waals surface area (Å²) in [5.74, 6) is 0.863. The molecule has 0 aromatic heterocycles. The number of hydrogen-bond donors (Lipinski definition) is 2. The number of rotatable bonds is 3. The Morgan fingerprint density at radius 3 is 2.75 bits per heavy atom. The van der Waals surface area contributed by atoms with Gasteiger partial charge in [-0.15, -0.1) is 0 Å². The topological polar surface area (TPSA) is 44.6 Å². The van der Waals surface area contributed by atoms with E-state index in [2.05, 4.69) is 17.5 Å². The van der Waals surface area contributed by atoms with Crippen molar-refractivity contribution in [2.24, 2.45) is 11.0 Å². The number of aliphatic hydroxyl groups is 1. The molecule has 0 atom stereocenters. The minimum atomic E-state index is 0.160. The lowest BCUT2D eigenvalue weighted by Gasteiger charge is -2.18. The molecule has 0 aromatic rings. The summed E-state index contributed by atoms with van der Waals surface area (Å²) in [5.41, 5.74) is 4.12. The van der Waals surface area contributed by atoms with E-state index in [1.54, 1.807) is 0 Å². The predicted octanol–water partition coefficient (Wildman–Crippen LogP) is 1.13. The third kappa shape index (κ3) is 3.22. The molecule has 12 heavy (non-hydrogen) atoms. The number of aliphatic hydroxyl groups excluding tert-OH is 1. The van der Waals surface area contributed by atoms with Crippen LogP contribution in [0.5, 0.6) is 0 Å². The van der Waals surface area contributed by atoms with Crippen LogP contribution in [0.2, 0.25) is 0 Å². The zero-order valence-corrected chi connectivity index (χ0v) is 7.71. The van der Waals surface area contributed by atoms with Crippen LogP contribution >= 0.6 is 0 Å². The van der Waals surface area contributed by atoms with E-state index in [-0.39, 0.29) is 6.61 Å². The summed E-state index contributed by atoms with van der Waals surface area (Å²) >= 11 is 0. The van der Waals surface area contributed by atoms with Crippen LogP contribution in [0.4, 0.5) is 0 Å². The van der Waals surface area contributed by atoms with Gasteiger partial charge in [-0.3, -0.25) is 0 Å². The van der Waals surface area contributed by atoms with Crippen LogP contribution < -0.4 is 5.43 Å². The maximum Gasteiger partial charge on any atom is 0.0620 e. The molecule has 0 heterocycles. The van der Waals surface area contributed by atoms with Crippen LogP contribution in [0.15, 0.2) is 5.10 Å². The molecule has 1 saturated carbocycles. The molecular weight excluding hydrogens is 152 g/mol. The largest absolute Gasteiger partial charge is 0.394 e. The lowest BCUT2D eigenvalue weighted by Crippen LogP contribution is -2.18. The fourth-order valence-electron chi connectivity index (χ4n) is 1.42. The minimum Gasteiger partial charge on any atom is -0.394 e. The average molecular weight is 170 g/mol. The van der Waals surface area contributed by atoms with Crippen molar-refractivity contribution in [1.82, 2.24) is 5.43 Å². The molecule has 1 aliphatic carbocycles. The fourth-order valence-corrected chi connectivity index (χ4v) is 1.42. The molecule has 70 valence electrons. The smallest absolute Gasteiger partial charge is 0.0620 e. The second-order valence-corrected chi connectivity index (χ2v) is 3.49. The van der Waals surface area contributed by atoms with Gasteiger partial charge < -0.3 is 10.5 Å². The molecule has 0 aliphatic heterocycles. The van der Waals surface area contributed by atoms with Gasteiger partial charge in [0, 0.05) is 5.71 Å². The van der Waals surface area contributed by atoms with Crippen molar-refractivity contribution in [3.63, 3.8) is 0 Å². The fraction of sp³-hybridized carbons (Fsp3) is 0.889. The maximum atomic E-state index is 8.51. The third-order valence-electron chi connectivity index (χ3n) is 2.31. The van der Waals surface area contributed by atoms with Gasteiger partial charge in [-0.1, -0.05) is 6.92 Å². The Morgan fingerprint density at radius 1 is 1.50 bits per heavy atom. The second-order valence-electron chi connectivity index (χ2n) is 3.49. The second kappa shape index (κ2) is 5.14. The van der Waals surface area contributed by atoms with Crippen molar-refractivity contribution in [2.45, 2.75) is 32.6 Å². The predicted molar refractivity (Wildman–Crippen MR) is 50.2 cm³/mol.